The number of anilines is 1. The van der Waals surface area contributed by atoms with Crippen molar-refractivity contribution in [1.29, 1.82) is 0 Å². The average Bonchev–Trinajstić information content (AvgIpc) is 3.03. The number of nitrogens with zero attached hydrogens (tertiary/aromatic N) is 4. The van der Waals surface area contributed by atoms with E-state index in [2.05, 4.69) is 25.3 Å². The van der Waals surface area contributed by atoms with Crippen LogP contribution in [0.25, 0.3) is 11.7 Å². The molecule has 20 heavy (non-hydrogen) atoms. The van der Waals surface area contributed by atoms with Crippen molar-refractivity contribution >= 4 is 29.2 Å². The molecule has 7 nitrogen and oxygen atoms in total. The first-order valence-corrected chi connectivity index (χ1v) is 6.33. The van der Waals surface area contributed by atoms with Crippen molar-refractivity contribution in [3.8, 4) is 11.7 Å². The Balaban J connectivity index is 1.88. The van der Waals surface area contributed by atoms with E-state index in [0.29, 0.717) is 28.1 Å². The maximum absolute atomic E-state index is 6.09. The minimum atomic E-state index is 0.105. The summed E-state index contributed by atoms with van der Waals surface area (Å²) in [6, 6.07) is 5.27. The molecule has 0 fully saturated rings. The highest BCUT2D eigenvalue weighted by molar-refractivity contribution is 6.36. The lowest BCUT2D eigenvalue weighted by molar-refractivity contribution is 0.421. The van der Waals surface area contributed by atoms with E-state index < -0.39 is 0 Å². The molecule has 2 aromatic heterocycles. The van der Waals surface area contributed by atoms with Gasteiger partial charge in [0, 0.05) is 16.5 Å². The maximum atomic E-state index is 6.09. The van der Waals surface area contributed by atoms with Gasteiger partial charge in [-0.15, -0.1) is 5.10 Å². The minimum Gasteiger partial charge on any atom is -0.366 e. The van der Waals surface area contributed by atoms with Crippen LogP contribution in [0.3, 0.4) is 0 Å². The molecule has 0 radical (unpaired) electrons. The van der Waals surface area contributed by atoms with Gasteiger partial charge in [-0.2, -0.15) is 9.97 Å². The molecule has 0 saturated carbocycles. The summed E-state index contributed by atoms with van der Waals surface area (Å²) >= 11 is 12.2. The molecule has 3 aromatic rings. The van der Waals surface area contributed by atoms with E-state index in [4.69, 9.17) is 33.5 Å². The van der Waals surface area contributed by atoms with E-state index in [0.717, 1.165) is 5.56 Å². The lowest BCUT2D eigenvalue weighted by Crippen LogP contribution is -1.93. The van der Waals surface area contributed by atoms with Crippen LogP contribution < -0.4 is 5.73 Å². The Hall–Kier alpha value is -2.12. The summed E-state index contributed by atoms with van der Waals surface area (Å²) in [7, 11) is 0. The molecule has 0 aliphatic rings. The predicted octanol–water partition coefficient (Wildman–Crippen LogP) is 2.33. The van der Waals surface area contributed by atoms with Gasteiger partial charge in [-0.3, -0.25) is 5.10 Å². The first-order chi connectivity index (χ1) is 9.63. The van der Waals surface area contributed by atoms with Crippen molar-refractivity contribution in [2.75, 3.05) is 5.73 Å². The summed E-state index contributed by atoms with van der Waals surface area (Å²) in [5.74, 6) is 1.05. The van der Waals surface area contributed by atoms with Gasteiger partial charge in [0.25, 0.3) is 5.89 Å². The number of hydrogen-bond acceptors (Lipinski definition) is 6. The molecule has 0 aliphatic carbocycles. The number of hydrogen-bond donors (Lipinski definition) is 2. The van der Waals surface area contributed by atoms with Crippen molar-refractivity contribution in [2.45, 2.75) is 6.42 Å². The fourth-order valence-corrected chi connectivity index (χ4v) is 2.18. The van der Waals surface area contributed by atoms with E-state index in [-0.39, 0.29) is 11.8 Å². The summed E-state index contributed by atoms with van der Waals surface area (Å²) in [4.78, 5) is 8.09. The molecule has 0 bridgehead atoms. The van der Waals surface area contributed by atoms with Crippen LogP contribution in [-0.4, -0.2) is 25.3 Å². The number of aromatic nitrogens is 5. The number of nitrogens with one attached hydrogen (secondary N) is 1. The molecule has 0 aliphatic heterocycles. The molecule has 102 valence electrons. The number of aromatic amines is 1. The first kappa shape index (κ1) is 12.9. The van der Waals surface area contributed by atoms with Gasteiger partial charge < -0.3 is 10.3 Å². The summed E-state index contributed by atoms with van der Waals surface area (Å²) in [5, 5.41) is 11.2. The molecule has 3 N–H and O–H groups in total. The highest BCUT2D eigenvalue weighted by atomic mass is 35.5. The third kappa shape index (κ3) is 2.45. The molecule has 0 unspecified atom stereocenters. The number of benzene rings is 1. The molecule has 0 spiro atoms. The van der Waals surface area contributed by atoms with Gasteiger partial charge in [-0.25, -0.2) is 0 Å². The van der Waals surface area contributed by atoms with Crippen LogP contribution in [0, 0.1) is 0 Å². The quantitative estimate of drug-likeness (QED) is 0.769. The second-order valence-electron chi connectivity index (χ2n) is 3.93. The van der Waals surface area contributed by atoms with Crippen LogP contribution in [0.4, 0.5) is 5.95 Å². The van der Waals surface area contributed by atoms with Gasteiger partial charge in [0.05, 0.1) is 0 Å². The molecule has 2 heterocycles. The van der Waals surface area contributed by atoms with Crippen molar-refractivity contribution in [3.63, 3.8) is 0 Å². The number of nitrogens with two attached hydrogens (primary N) is 1. The molecule has 9 heteroatoms. The van der Waals surface area contributed by atoms with Gasteiger partial charge in [0.1, 0.15) is 0 Å². The smallest absolute Gasteiger partial charge is 0.295 e. The van der Waals surface area contributed by atoms with Gasteiger partial charge in [0.2, 0.25) is 11.8 Å². The second-order valence-corrected chi connectivity index (χ2v) is 4.75. The van der Waals surface area contributed by atoms with Gasteiger partial charge in [-0.1, -0.05) is 34.4 Å². The molecule has 0 amide bonds. The van der Waals surface area contributed by atoms with Crippen LogP contribution in [0.1, 0.15) is 11.4 Å². The van der Waals surface area contributed by atoms with Gasteiger partial charge in [0.15, 0.2) is 5.82 Å². The topological polar surface area (TPSA) is 107 Å². The average molecular weight is 311 g/mol. The SMILES string of the molecule is Nc1n[nH]c(-c2nc(Cc3c(Cl)cccc3Cl)no2)n1. The third-order valence-corrected chi connectivity index (χ3v) is 3.28. The van der Waals surface area contributed by atoms with E-state index in [9.17, 15) is 0 Å². The molecule has 1 aromatic carbocycles. The second kappa shape index (κ2) is 5.10. The van der Waals surface area contributed by atoms with Crippen molar-refractivity contribution in [2.24, 2.45) is 0 Å². The zero-order valence-corrected chi connectivity index (χ0v) is 11.5. The fraction of sp³-hybridized carbons (Fsp3) is 0.0909. The highest BCUT2D eigenvalue weighted by Gasteiger charge is 2.15. The van der Waals surface area contributed by atoms with Crippen molar-refractivity contribution in [1.82, 2.24) is 25.3 Å². The monoisotopic (exact) mass is 310 g/mol. The molecular weight excluding hydrogens is 303 g/mol. The molecular formula is C11H8Cl2N6O. The number of H-pyrrole nitrogens is 1. The Bertz CT molecular complexity index is 733. The van der Waals surface area contributed by atoms with Crippen LogP contribution in [0.5, 0.6) is 0 Å². The predicted molar refractivity (Wildman–Crippen MR) is 73.4 cm³/mol. The zero-order valence-electron chi connectivity index (χ0n) is 9.97. The Kier molecular flexibility index (Phi) is 3.29. The standard InChI is InChI=1S/C11H8Cl2N6O/c12-6-2-1-3-7(13)5(6)4-8-15-10(20-19-8)9-16-11(14)18-17-9/h1-3H,4H2,(H3,14,16,17,18). The van der Waals surface area contributed by atoms with Crippen LogP contribution in [0.2, 0.25) is 10.0 Å². The Labute approximate surface area is 123 Å². The van der Waals surface area contributed by atoms with Crippen molar-refractivity contribution < 1.29 is 4.52 Å². The summed E-state index contributed by atoms with van der Waals surface area (Å²) in [5.41, 5.74) is 6.14. The summed E-state index contributed by atoms with van der Waals surface area (Å²) < 4.78 is 5.08. The summed E-state index contributed by atoms with van der Waals surface area (Å²) in [6.07, 6.45) is 0.353. The Morgan fingerprint density at radius 1 is 1.20 bits per heavy atom. The van der Waals surface area contributed by atoms with Crippen LogP contribution in [-0.2, 0) is 6.42 Å². The lowest BCUT2D eigenvalue weighted by atomic mass is 10.1. The number of nitrogen functional groups attached to an aromatic ring is 1. The fourth-order valence-electron chi connectivity index (χ4n) is 1.65. The Morgan fingerprint density at radius 3 is 2.60 bits per heavy atom. The minimum absolute atomic E-state index is 0.105. The maximum Gasteiger partial charge on any atom is 0.295 e. The molecule has 0 saturated heterocycles. The highest BCUT2D eigenvalue weighted by Crippen LogP contribution is 2.26. The largest absolute Gasteiger partial charge is 0.366 e. The van der Waals surface area contributed by atoms with Gasteiger partial charge >= 0.3 is 0 Å². The first-order valence-electron chi connectivity index (χ1n) is 5.57. The summed E-state index contributed by atoms with van der Waals surface area (Å²) in [6.45, 7) is 0. The third-order valence-electron chi connectivity index (χ3n) is 2.57. The number of rotatable bonds is 3. The van der Waals surface area contributed by atoms with Crippen LogP contribution >= 0.6 is 23.2 Å². The van der Waals surface area contributed by atoms with Crippen LogP contribution in [0.15, 0.2) is 22.7 Å². The zero-order chi connectivity index (χ0) is 14.1. The Morgan fingerprint density at radius 2 is 1.95 bits per heavy atom. The van der Waals surface area contributed by atoms with Gasteiger partial charge in [-0.05, 0) is 17.7 Å². The number of halogens is 2. The normalized spacial score (nSPS) is 10.9. The van der Waals surface area contributed by atoms with E-state index in [1.54, 1.807) is 18.2 Å². The van der Waals surface area contributed by atoms with E-state index in [1.807, 2.05) is 0 Å². The lowest BCUT2D eigenvalue weighted by Gasteiger charge is -2.02. The van der Waals surface area contributed by atoms with E-state index in [1.165, 1.54) is 0 Å². The molecule has 0 atom stereocenters. The van der Waals surface area contributed by atoms with E-state index >= 15 is 0 Å². The van der Waals surface area contributed by atoms with Crippen molar-refractivity contribution in [3.05, 3.63) is 39.6 Å². The molecule has 3 rings (SSSR count).